The Hall–Kier alpha value is -3.35. The van der Waals surface area contributed by atoms with Gasteiger partial charge in [0.1, 0.15) is 5.82 Å². The molecule has 1 amide bonds. The van der Waals surface area contributed by atoms with Crippen molar-refractivity contribution in [1.29, 1.82) is 0 Å². The van der Waals surface area contributed by atoms with Crippen LogP contribution in [-0.4, -0.2) is 32.5 Å². The van der Waals surface area contributed by atoms with E-state index in [2.05, 4.69) is 16.2 Å². The minimum absolute atomic E-state index is 0.0889. The van der Waals surface area contributed by atoms with Crippen molar-refractivity contribution in [3.8, 4) is 11.5 Å². The van der Waals surface area contributed by atoms with Crippen LogP contribution >= 0.6 is 0 Å². The van der Waals surface area contributed by atoms with Gasteiger partial charge in [0.25, 0.3) is 5.91 Å². The topological polar surface area (TPSA) is 88.2 Å². The van der Waals surface area contributed by atoms with Crippen LogP contribution in [0.15, 0.2) is 51.6 Å². The van der Waals surface area contributed by atoms with Crippen molar-refractivity contribution in [2.45, 2.75) is 25.8 Å². The average Bonchev–Trinajstić information content (AvgIpc) is 3.46. The molecule has 7 nitrogen and oxygen atoms in total. The number of hydrogen-bond acceptors (Lipinski definition) is 5. The SMILES string of the molecule is Cc1ccc2nc([C@@H]3CCCN3C(=O)c3cc(-c4ccco4)on3)[nH]c2c1. The maximum atomic E-state index is 13.0. The quantitative estimate of drug-likeness (QED) is 0.593. The van der Waals surface area contributed by atoms with Gasteiger partial charge in [-0.15, -0.1) is 0 Å². The van der Waals surface area contributed by atoms with E-state index in [1.54, 1.807) is 24.5 Å². The number of furan rings is 1. The smallest absolute Gasteiger partial charge is 0.276 e. The highest BCUT2D eigenvalue weighted by Crippen LogP contribution is 2.33. The molecular weight excluding hydrogens is 344 g/mol. The summed E-state index contributed by atoms with van der Waals surface area (Å²) in [6.45, 7) is 2.72. The van der Waals surface area contributed by atoms with Crippen LogP contribution in [0.3, 0.4) is 0 Å². The van der Waals surface area contributed by atoms with Crippen LogP contribution in [-0.2, 0) is 0 Å². The van der Waals surface area contributed by atoms with E-state index in [-0.39, 0.29) is 17.6 Å². The van der Waals surface area contributed by atoms with E-state index in [9.17, 15) is 4.79 Å². The Morgan fingerprint density at radius 2 is 2.19 bits per heavy atom. The lowest BCUT2D eigenvalue weighted by Gasteiger charge is -2.21. The number of nitrogens with zero attached hydrogens (tertiary/aromatic N) is 3. The summed E-state index contributed by atoms with van der Waals surface area (Å²) in [6.07, 6.45) is 3.35. The summed E-state index contributed by atoms with van der Waals surface area (Å²) < 4.78 is 10.6. The number of rotatable bonds is 3. The summed E-state index contributed by atoms with van der Waals surface area (Å²) in [5, 5.41) is 3.94. The molecule has 4 aromatic rings. The highest BCUT2D eigenvalue weighted by atomic mass is 16.5. The standard InChI is InChI=1S/C20H18N4O3/c1-12-6-7-13-14(10-12)22-19(21-13)16-4-2-8-24(16)20(25)15-11-18(27-23-15)17-5-3-9-26-17/h3,5-7,9-11,16H,2,4,8H2,1H3,(H,21,22)/t16-/m0/s1. The van der Waals surface area contributed by atoms with Crippen LogP contribution in [0.1, 0.15) is 40.8 Å². The van der Waals surface area contributed by atoms with Gasteiger partial charge < -0.3 is 18.8 Å². The van der Waals surface area contributed by atoms with Crippen molar-refractivity contribution >= 4 is 16.9 Å². The van der Waals surface area contributed by atoms with Crippen molar-refractivity contribution in [2.75, 3.05) is 6.54 Å². The van der Waals surface area contributed by atoms with E-state index in [4.69, 9.17) is 13.9 Å². The molecule has 0 spiro atoms. The van der Waals surface area contributed by atoms with E-state index in [1.807, 2.05) is 24.0 Å². The first kappa shape index (κ1) is 15.9. The summed E-state index contributed by atoms with van der Waals surface area (Å²) in [4.78, 5) is 22.9. The van der Waals surface area contributed by atoms with Gasteiger partial charge in [-0.05, 0) is 49.6 Å². The number of aromatic amines is 1. The Labute approximate surface area is 155 Å². The zero-order valence-electron chi connectivity index (χ0n) is 14.8. The third kappa shape index (κ3) is 2.71. The van der Waals surface area contributed by atoms with Gasteiger partial charge in [0.15, 0.2) is 11.5 Å². The first-order valence-corrected chi connectivity index (χ1v) is 8.97. The van der Waals surface area contributed by atoms with Crippen LogP contribution < -0.4 is 0 Å². The second-order valence-corrected chi connectivity index (χ2v) is 6.85. The third-order valence-electron chi connectivity index (χ3n) is 4.98. The van der Waals surface area contributed by atoms with Crippen molar-refractivity contribution < 1.29 is 13.7 Å². The van der Waals surface area contributed by atoms with Gasteiger partial charge >= 0.3 is 0 Å². The van der Waals surface area contributed by atoms with Gasteiger partial charge in [-0.3, -0.25) is 4.79 Å². The van der Waals surface area contributed by atoms with Gasteiger partial charge in [0, 0.05) is 12.6 Å². The van der Waals surface area contributed by atoms with Gasteiger partial charge in [-0.1, -0.05) is 11.2 Å². The Kier molecular flexibility index (Phi) is 3.60. The Morgan fingerprint density at radius 3 is 3.04 bits per heavy atom. The van der Waals surface area contributed by atoms with Crippen LogP contribution in [0.4, 0.5) is 0 Å². The molecule has 1 atom stereocenters. The minimum atomic E-state index is -0.157. The lowest BCUT2D eigenvalue weighted by atomic mass is 10.2. The minimum Gasteiger partial charge on any atom is -0.461 e. The fourth-order valence-corrected chi connectivity index (χ4v) is 3.65. The number of H-pyrrole nitrogens is 1. The summed E-state index contributed by atoms with van der Waals surface area (Å²) in [7, 11) is 0. The molecule has 27 heavy (non-hydrogen) atoms. The molecular formula is C20H18N4O3. The second-order valence-electron chi connectivity index (χ2n) is 6.85. The Morgan fingerprint density at radius 1 is 1.26 bits per heavy atom. The number of likely N-dealkylation sites (tertiary alicyclic amines) is 1. The average molecular weight is 362 g/mol. The van der Waals surface area contributed by atoms with Crippen LogP contribution in [0.25, 0.3) is 22.6 Å². The number of carbonyl (C=O) groups excluding carboxylic acids is 1. The lowest BCUT2D eigenvalue weighted by molar-refractivity contribution is 0.0720. The number of carbonyl (C=O) groups is 1. The normalized spacial score (nSPS) is 17.1. The largest absolute Gasteiger partial charge is 0.461 e. The molecule has 3 aromatic heterocycles. The number of fused-ring (bicyclic) bond motifs is 1. The molecule has 1 aliphatic rings. The fourth-order valence-electron chi connectivity index (χ4n) is 3.65. The van der Waals surface area contributed by atoms with E-state index < -0.39 is 0 Å². The molecule has 0 aliphatic carbocycles. The summed E-state index contributed by atoms with van der Waals surface area (Å²) >= 11 is 0. The molecule has 0 bridgehead atoms. The molecule has 136 valence electrons. The number of hydrogen-bond donors (Lipinski definition) is 1. The monoisotopic (exact) mass is 362 g/mol. The lowest BCUT2D eigenvalue weighted by Crippen LogP contribution is -2.31. The van der Waals surface area contributed by atoms with Crippen molar-refractivity contribution in [2.24, 2.45) is 0 Å². The van der Waals surface area contributed by atoms with Gasteiger partial charge in [0.05, 0.1) is 23.3 Å². The number of nitrogens with one attached hydrogen (secondary N) is 1. The number of aromatic nitrogens is 3. The number of aryl methyl sites for hydroxylation is 1. The Bertz CT molecular complexity index is 1110. The number of amides is 1. The zero-order valence-corrected chi connectivity index (χ0v) is 14.8. The number of imidazole rings is 1. The molecule has 7 heteroatoms. The van der Waals surface area contributed by atoms with Crippen molar-refractivity contribution in [3.63, 3.8) is 0 Å². The predicted molar refractivity (Wildman–Crippen MR) is 98.0 cm³/mol. The van der Waals surface area contributed by atoms with Gasteiger partial charge in [-0.25, -0.2) is 4.98 Å². The predicted octanol–water partition coefficient (Wildman–Crippen LogP) is 4.10. The maximum absolute atomic E-state index is 13.0. The van der Waals surface area contributed by atoms with Crippen LogP contribution in [0.5, 0.6) is 0 Å². The second kappa shape index (κ2) is 6.12. The van der Waals surface area contributed by atoms with Crippen molar-refractivity contribution in [3.05, 3.63) is 59.7 Å². The fraction of sp³-hybridized carbons (Fsp3) is 0.250. The third-order valence-corrected chi connectivity index (χ3v) is 4.98. The Balaban J connectivity index is 1.44. The molecule has 0 unspecified atom stereocenters. The van der Waals surface area contributed by atoms with E-state index in [1.165, 1.54) is 5.56 Å². The molecule has 1 fully saturated rings. The zero-order chi connectivity index (χ0) is 18.4. The molecule has 1 aliphatic heterocycles. The maximum Gasteiger partial charge on any atom is 0.276 e. The number of benzene rings is 1. The molecule has 1 aromatic carbocycles. The molecule has 0 radical (unpaired) electrons. The molecule has 4 heterocycles. The summed E-state index contributed by atoms with van der Waals surface area (Å²) in [5.41, 5.74) is 3.35. The molecule has 1 N–H and O–H groups in total. The summed E-state index contributed by atoms with van der Waals surface area (Å²) in [6, 6.07) is 11.2. The first-order valence-electron chi connectivity index (χ1n) is 8.97. The molecule has 5 rings (SSSR count). The highest BCUT2D eigenvalue weighted by Gasteiger charge is 2.34. The van der Waals surface area contributed by atoms with E-state index >= 15 is 0 Å². The van der Waals surface area contributed by atoms with Crippen LogP contribution in [0, 0.1) is 6.92 Å². The van der Waals surface area contributed by atoms with Gasteiger partial charge in [-0.2, -0.15) is 0 Å². The van der Waals surface area contributed by atoms with E-state index in [0.717, 1.165) is 29.7 Å². The summed E-state index contributed by atoms with van der Waals surface area (Å²) in [5.74, 6) is 1.65. The van der Waals surface area contributed by atoms with Crippen molar-refractivity contribution in [1.82, 2.24) is 20.0 Å². The highest BCUT2D eigenvalue weighted by molar-refractivity contribution is 5.93. The molecule has 0 saturated carbocycles. The van der Waals surface area contributed by atoms with Crippen LogP contribution in [0.2, 0.25) is 0 Å². The molecule has 1 saturated heterocycles. The van der Waals surface area contributed by atoms with E-state index in [0.29, 0.717) is 18.1 Å². The first-order chi connectivity index (χ1) is 13.2. The van der Waals surface area contributed by atoms with Gasteiger partial charge in [0.2, 0.25) is 5.76 Å².